The van der Waals surface area contributed by atoms with Gasteiger partial charge in [0.15, 0.2) is 0 Å². The van der Waals surface area contributed by atoms with Crippen LogP contribution in [0.1, 0.15) is 24.8 Å². The largest absolute Gasteiger partial charge is 0.369 e. The Bertz CT molecular complexity index is 540. The van der Waals surface area contributed by atoms with Gasteiger partial charge in [-0.25, -0.2) is 0 Å². The number of nitrogens with zero attached hydrogens (tertiary/aromatic N) is 1. The molecule has 0 atom stereocenters. The van der Waals surface area contributed by atoms with Gasteiger partial charge >= 0.3 is 0 Å². The maximum atomic E-state index is 11.9. The van der Waals surface area contributed by atoms with E-state index in [9.17, 15) is 14.4 Å². The van der Waals surface area contributed by atoms with Gasteiger partial charge in [0.1, 0.15) is 0 Å². The second kappa shape index (κ2) is 6.88. The number of anilines is 1. The van der Waals surface area contributed by atoms with Gasteiger partial charge < -0.3 is 16.0 Å². The van der Waals surface area contributed by atoms with Crippen LogP contribution in [0.3, 0.4) is 0 Å². The van der Waals surface area contributed by atoms with E-state index in [-0.39, 0.29) is 24.8 Å². The Kier molecular flexibility index (Phi) is 4.92. The molecule has 112 valence electrons. The molecule has 6 nitrogen and oxygen atoms in total. The Morgan fingerprint density at radius 1 is 1.19 bits per heavy atom. The number of hydrogen-bond donors (Lipinski definition) is 2. The fourth-order valence-corrected chi connectivity index (χ4v) is 2.31. The van der Waals surface area contributed by atoms with Crippen LogP contribution in [-0.2, 0) is 20.8 Å². The molecule has 3 N–H and O–H groups in total. The summed E-state index contributed by atoms with van der Waals surface area (Å²) in [7, 11) is 0. The number of carbonyl (C=O) groups excluding carboxylic acids is 3. The topological polar surface area (TPSA) is 92.5 Å². The molecule has 1 aliphatic heterocycles. The minimum absolute atomic E-state index is 0.0354. The summed E-state index contributed by atoms with van der Waals surface area (Å²) in [4.78, 5) is 35.9. The lowest BCUT2D eigenvalue weighted by Crippen LogP contribution is -2.40. The number of hydrogen-bond acceptors (Lipinski definition) is 3. The fourth-order valence-electron chi connectivity index (χ4n) is 2.31. The van der Waals surface area contributed by atoms with Gasteiger partial charge in [-0.1, -0.05) is 12.1 Å². The molecule has 0 aromatic heterocycles. The van der Waals surface area contributed by atoms with Gasteiger partial charge in [0, 0.05) is 18.7 Å². The van der Waals surface area contributed by atoms with Crippen LogP contribution in [0.5, 0.6) is 0 Å². The molecule has 0 spiro atoms. The molecule has 0 bridgehead atoms. The summed E-state index contributed by atoms with van der Waals surface area (Å²) in [6.07, 6.45) is 2.55. The van der Waals surface area contributed by atoms with Crippen LogP contribution in [0.4, 0.5) is 5.69 Å². The van der Waals surface area contributed by atoms with Gasteiger partial charge in [0.2, 0.25) is 17.7 Å². The highest BCUT2D eigenvalue weighted by Crippen LogP contribution is 2.12. The molecule has 1 aromatic carbocycles. The Balaban J connectivity index is 1.87. The van der Waals surface area contributed by atoms with E-state index in [1.165, 1.54) is 0 Å². The van der Waals surface area contributed by atoms with Crippen molar-refractivity contribution < 1.29 is 14.4 Å². The summed E-state index contributed by atoms with van der Waals surface area (Å²) >= 11 is 0. The quantitative estimate of drug-likeness (QED) is 0.834. The third kappa shape index (κ3) is 4.59. The smallest absolute Gasteiger partial charge is 0.243 e. The summed E-state index contributed by atoms with van der Waals surface area (Å²) < 4.78 is 0. The molecule has 1 saturated heterocycles. The average Bonchev–Trinajstić information content (AvgIpc) is 2.43. The van der Waals surface area contributed by atoms with Crippen molar-refractivity contribution in [1.29, 1.82) is 0 Å². The van der Waals surface area contributed by atoms with Gasteiger partial charge in [-0.15, -0.1) is 0 Å². The number of primary amides is 1. The number of carbonyl (C=O) groups is 3. The van der Waals surface area contributed by atoms with Crippen LogP contribution >= 0.6 is 0 Å². The van der Waals surface area contributed by atoms with Crippen LogP contribution in [-0.4, -0.2) is 35.7 Å². The highest BCUT2D eigenvalue weighted by atomic mass is 16.2. The molecule has 0 unspecified atom stereocenters. The molecule has 1 aromatic rings. The Hall–Kier alpha value is -2.37. The predicted molar refractivity (Wildman–Crippen MR) is 78.4 cm³/mol. The Morgan fingerprint density at radius 3 is 2.52 bits per heavy atom. The molecule has 1 aliphatic rings. The number of rotatable bonds is 5. The minimum Gasteiger partial charge on any atom is -0.369 e. The maximum Gasteiger partial charge on any atom is 0.243 e. The zero-order valence-corrected chi connectivity index (χ0v) is 11.8. The zero-order valence-electron chi connectivity index (χ0n) is 11.8. The van der Waals surface area contributed by atoms with E-state index in [0.29, 0.717) is 18.7 Å². The van der Waals surface area contributed by atoms with Crippen molar-refractivity contribution in [2.45, 2.75) is 25.7 Å². The molecular weight excluding hydrogens is 270 g/mol. The first-order chi connectivity index (χ1) is 10.0. The molecule has 3 amide bonds. The summed E-state index contributed by atoms with van der Waals surface area (Å²) in [6, 6.07) is 6.92. The lowest BCUT2D eigenvalue weighted by molar-refractivity contribution is -0.136. The van der Waals surface area contributed by atoms with Gasteiger partial charge in [-0.3, -0.25) is 14.4 Å². The van der Waals surface area contributed by atoms with Crippen LogP contribution in [0, 0.1) is 0 Å². The lowest BCUT2D eigenvalue weighted by Gasteiger charge is -2.25. The average molecular weight is 289 g/mol. The summed E-state index contributed by atoms with van der Waals surface area (Å²) in [6.45, 7) is 0.728. The normalized spacial score (nSPS) is 14.9. The number of nitrogens with two attached hydrogens (primary N) is 1. The van der Waals surface area contributed by atoms with Crippen molar-refractivity contribution >= 4 is 23.4 Å². The molecular formula is C15H19N3O3. The van der Waals surface area contributed by atoms with Crippen LogP contribution < -0.4 is 11.1 Å². The monoisotopic (exact) mass is 289 g/mol. The Morgan fingerprint density at radius 2 is 1.90 bits per heavy atom. The first kappa shape index (κ1) is 15.0. The Labute approximate surface area is 123 Å². The second-order valence-electron chi connectivity index (χ2n) is 5.16. The van der Waals surface area contributed by atoms with Crippen molar-refractivity contribution in [2.75, 3.05) is 18.4 Å². The van der Waals surface area contributed by atoms with E-state index in [4.69, 9.17) is 5.73 Å². The standard InChI is InChI=1S/C15H19N3O3/c16-13(19)9-11-4-6-12(7-5-11)17-14(20)10-18-8-2-1-3-15(18)21/h4-7H,1-3,8-10H2,(H2,16,19)(H,17,20). The molecule has 0 radical (unpaired) electrons. The van der Waals surface area contributed by atoms with Crippen LogP contribution in [0.15, 0.2) is 24.3 Å². The van der Waals surface area contributed by atoms with Crippen molar-refractivity contribution in [3.8, 4) is 0 Å². The van der Waals surface area contributed by atoms with E-state index in [1.807, 2.05) is 0 Å². The van der Waals surface area contributed by atoms with Gasteiger partial charge in [0.05, 0.1) is 13.0 Å². The van der Waals surface area contributed by atoms with Crippen LogP contribution in [0.25, 0.3) is 0 Å². The zero-order chi connectivity index (χ0) is 15.2. The summed E-state index contributed by atoms with van der Waals surface area (Å²) in [5.41, 5.74) is 6.55. The number of benzene rings is 1. The second-order valence-corrected chi connectivity index (χ2v) is 5.16. The minimum atomic E-state index is -0.393. The molecule has 1 heterocycles. The number of amides is 3. The third-order valence-corrected chi connectivity index (χ3v) is 3.37. The molecule has 21 heavy (non-hydrogen) atoms. The number of piperidine rings is 1. The first-order valence-electron chi connectivity index (χ1n) is 6.99. The fraction of sp³-hybridized carbons (Fsp3) is 0.400. The molecule has 0 saturated carbocycles. The van der Waals surface area contributed by atoms with E-state index in [1.54, 1.807) is 29.2 Å². The molecule has 0 aliphatic carbocycles. The lowest BCUT2D eigenvalue weighted by atomic mass is 10.1. The van der Waals surface area contributed by atoms with E-state index < -0.39 is 5.91 Å². The van der Waals surface area contributed by atoms with Gasteiger partial charge in [-0.2, -0.15) is 0 Å². The maximum absolute atomic E-state index is 11.9. The van der Waals surface area contributed by atoms with Crippen molar-refractivity contribution in [1.82, 2.24) is 4.90 Å². The number of likely N-dealkylation sites (tertiary alicyclic amines) is 1. The van der Waals surface area contributed by atoms with Gasteiger partial charge in [0.25, 0.3) is 0 Å². The number of nitrogens with one attached hydrogen (secondary N) is 1. The highest BCUT2D eigenvalue weighted by Gasteiger charge is 2.20. The van der Waals surface area contributed by atoms with Crippen LogP contribution in [0.2, 0.25) is 0 Å². The van der Waals surface area contributed by atoms with E-state index >= 15 is 0 Å². The van der Waals surface area contributed by atoms with Crippen molar-refractivity contribution in [3.05, 3.63) is 29.8 Å². The van der Waals surface area contributed by atoms with E-state index in [2.05, 4.69) is 5.32 Å². The predicted octanol–water partition coefficient (Wildman–Crippen LogP) is 0.665. The van der Waals surface area contributed by atoms with Crippen molar-refractivity contribution in [2.24, 2.45) is 5.73 Å². The first-order valence-corrected chi connectivity index (χ1v) is 6.99. The molecule has 6 heteroatoms. The summed E-state index contributed by atoms with van der Waals surface area (Å²) in [5.74, 6) is -0.573. The third-order valence-electron chi connectivity index (χ3n) is 3.37. The molecule has 2 rings (SSSR count). The van der Waals surface area contributed by atoms with Gasteiger partial charge in [-0.05, 0) is 30.5 Å². The van der Waals surface area contributed by atoms with E-state index in [0.717, 1.165) is 18.4 Å². The molecule has 1 fully saturated rings. The van der Waals surface area contributed by atoms with Crippen molar-refractivity contribution in [3.63, 3.8) is 0 Å². The highest BCUT2D eigenvalue weighted by molar-refractivity contribution is 5.94. The summed E-state index contributed by atoms with van der Waals surface area (Å²) in [5, 5.41) is 2.74. The SMILES string of the molecule is NC(=O)Cc1ccc(NC(=O)CN2CCCCC2=O)cc1.